The summed E-state index contributed by atoms with van der Waals surface area (Å²) in [4.78, 5) is 36.0. The molecule has 0 spiro atoms. The Balaban J connectivity index is 1.53. The Bertz CT molecular complexity index is 1020. The Morgan fingerprint density at radius 1 is 1.22 bits per heavy atom. The molecule has 1 amide bonds. The zero-order valence-corrected chi connectivity index (χ0v) is 16.5. The lowest BCUT2D eigenvalue weighted by Gasteiger charge is -2.25. The lowest BCUT2D eigenvalue weighted by atomic mass is 10.2. The first-order valence-corrected chi connectivity index (χ1v) is 10.6. The van der Waals surface area contributed by atoms with Crippen LogP contribution < -0.4 is 15.8 Å². The third-order valence-corrected chi connectivity index (χ3v) is 6.34. The molecule has 0 aliphatic carbocycles. The number of nitrogens with zero attached hydrogens (tertiary/aromatic N) is 4. The lowest BCUT2D eigenvalue weighted by Crippen LogP contribution is -2.32. The third-order valence-electron chi connectivity index (χ3n) is 4.30. The maximum atomic E-state index is 12.7. The molecule has 27 heavy (non-hydrogen) atoms. The van der Waals surface area contributed by atoms with Crippen molar-refractivity contribution in [2.75, 3.05) is 34.8 Å². The van der Waals surface area contributed by atoms with Crippen LogP contribution in [0.5, 0.6) is 0 Å². The number of hydrogen-bond acceptors (Lipinski definition) is 7. The van der Waals surface area contributed by atoms with Crippen LogP contribution in [0, 0.1) is 6.92 Å². The van der Waals surface area contributed by atoms with Gasteiger partial charge in [-0.05, 0) is 19.1 Å². The van der Waals surface area contributed by atoms with E-state index in [0.29, 0.717) is 16.0 Å². The van der Waals surface area contributed by atoms with Gasteiger partial charge in [-0.1, -0.05) is 29.0 Å². The standard InChI is InChI=1S/C18H19N5O2S2/c1-12-2-4-13(5-3-12)20-14(24)10-23-11-19-16-15(17(23)25)27-18(21-16)22-6-8-26-9-7-22/h2-5,11H,6-10H2,1H3,(H,20,24). The van der Waals surface area contributed by atoms with Crippen molar-refractivity contribution in [3.63, 3.8) is 0 Å². The van der Waals surface area contributed by atoms with Crippen LogP contribution >= 0.6 is 23.1 Å². The maximum Gasteiger partial charge on any atom is 0.273 e. The predicted octanol–water partition coefficient (Wildman–Crippen LogP) is 2.35. The second-order valence-electron chi connectivity index (χ2n) is 6.34. The number of thiazole rings is 1. The van der Waals surface area contributed by atoms with Crippen molar-refractivity contribution in [2.45, 2.75) is 13.5 Å². The molecule has 3 aromatic rings. The van der Waals surface area contributed by atoms with E-state index in [1.807, 2.05) is 43.0 Å². The number of carbonyl (C=O) groups is 1. The van der Waals surface area contributed by atoms with Crippen LogP contribution in [0.15, 0.2) is 35.4 Å². The largest absolute Gasteiger partial charge is 0.346 e. The topological polar surface area (TPSA) is 80.1 Å². The van der Waals surface area contributed by atoms with E-state index in [0.717, 1.165) is 35.3 Å². The van der Waals surface area contributed by atoms with Gasteiger partial charge in [0.15, 0.2) is 10.8 Å². The summed E-state index contributed by atoms with van der Waals surface area (Å²) in [6, 6.07) is 7.52. The monoisotopic (exact) mass is 401 g/mol. The number of fused-ring (bicyclic) bond motifs is 1. The van der Waals surface area contributed by atoms with Crippen molar-refractivity contribution in [3.05, 3.63) is 46.5 Å². The van der Waals surface area contributed by atoms with E-state index in [1.165, 1.54) is 22.2 Å². The molecule has 1 aliphatic rings. The van der Waals surface area contributed by atoms with Gasteiger partial charge in [-0.3, -0.25) is 14.2 Å². The van der Waals surface area contributed by atoms with E-state index < -0.39 is 0 Å². The number of aryl methyl sites for hydroxylation is 1. The smallest absolute Gasteiger partial charge is 0.273 e. The molecule has 1 saturated heterocycles. The van der Waals surface area contributed by atoms with Crippen molar-refractivity contribution in [1.29, 1.82) is 0 Å². The van der Waals surface area contributed by atoms with E-state index in [4.69, 9.17) is 0 Å². The van der Waals surface area contributed by atoms with Crippen molar-refractivity contribution >= 4 is 50.2 Å². The van der Waals surface area contributed by atoms with Gasteiger partial charge >= 0.3 is 0 Å². The first kappa shape index (κ1) is 18.0. The van der Waals surface area contributed by atoms with E-state index >= 15 is 0 Å². The van der Waals surface area contributed by atoms with Crippen molar-refractivity contribution in [1.82, 2.24) is 14.5 Å². The van der Waals surface area contributed by atoms with Gasteiger partial charge in [-0.25, -0.2) is 4.98 Å². The number of benzene rings is 1. The molecular formula is C18H19N5O2S2. The normalized spacial score (nSPS) is 14.5. The number of hydrogen-bond donors (Lipinski definition) is 1. The molecule has 3 heterocycles. The second-order valence-corrected chi connectivity index (χ2v) is 8.54. The summed E-state index contributed by atoms with van der Waals surface area (Å²) in [6.45, 7) is 3.76. The highest BCUT2D eigenvalue weighted by molar-refractivity contribution is 7.99. The number of amides is 1. The SMILES string of the molecule is Cc1ccc(NC(=O)Cn2cnc3nc(N4CCSCC4)sc3c2=O)cc1. The Labute approximate surface area is 164 Å². The number of aromatic nitrogens is 3. The zero-order chi connectivity index (χ0) is 18.8. The fourth-order valence-electron chi connectivity index (χ4n) is 2.83. The third kappa shape index (κ3) is 3.98. The average molecular weight is 402 g/mol. The average Bonchev–Trinajstić information content (AvgIpc) is 3.12. The van der Waals surface area contributed by atoms with Crippen LogP contribution in [-0.2, 0) is 11.3 Å². The molecule has 7 nitrogen and oxygen atoms in total. The van der Waals surface area contributed by atoms with Crippen LogP contribution in [0.1, 0.15) is 5.56 Å². The molecule has 0 atom stereocenters. The van der Waals surface area contributed by atoms with Crippen molar-refractivity contribution in [2.24, 2.45) is 0 Å². The summed E-state index contributed by atoms with van der Waals surface area (Å²) in [5.41, 5.74) is 2.05. The molecule has 1 aromatic carbocycles. The molecule has 140 valence electrons. The Morgan fingerprint density at radius 2 is 1.96 bits per heavy atom. The number of nitrogens with one attached hydrogen (secondary N) is 1. The molecule has 0 unspecified atom stereocenters. The van der Waals surface area contributed by atoms with Gasteiger partial charge < -0.3 is 10.2 Å². The zero-order valence-electron chi connectivity index (χ0n) is 14.8. The summed E-state index contributed by atoms with van der Waals surface area (Å²) in [6.07, 6.45) is 1.40. The summed E-state index contributed by atoms with van der Waals surface area (Å²) in [5.74, 6) is 1.86. The highest BCUT2D eigenvalue weighted by Gasteiger charge is 2.18. The molecule has 0 radical (unpaired) electrons. The summed E-state index contributed by atoms with van der Waals surface area (Å²) in [5, 5.41) is 3.63. The lowest BCUT2D eigenvalue weighted by molar-refractivity contribution is -0.116. The summed E-state index contributed by atoms with van der Waals surface area (Å²) < 4.78 is 1.83. The first-order chi connectivity index (χ1) is 13.1. The number of rotatable bonds is 4. The molecule has 1 aliphatic heterocycles. The Hall–Kier alpha value is -2.39. The fourth-order valence-corrected chi connectivity index (χ4v) is 4.75. The van der Waals surface area contributed by atoms with E-state index in [-0.39, 0.29) is 18.0 Å². The Morgan fingerprint density at radius 3 is 2.70 bits per heavy atom. The van der Waals surface area contributed by atoms with Crippen LogP contribution in [0.2, 0.25) is 0 Å². The minimum absolute atomic E-state index is 0.0801. The van der Waals surface area contributed by atoms with Gasteiger partial charge in [0.05, 0.1) is 0 Å². The molecule has 9 heteroatoms. The van der Waals surface area contributed by atoms with Gasteiger partial charge in [0.25, 0.3) is 5.56 Å². The van der Waals surface area contributed by atoms with E-state index in [9.17, 15) is 9.59 Å². The summed E-state index contributed by atoms with van der Waals surface area (Å²) in [7, 11) is 0. The minimum atomic E-state index is -0.264. The molecule has 1 N–H and O–H groups in total. The number of anilines is 2. The highest BCUT2D eigenvalue weighted by Crippen LogP contribution is 2.27. The fraction of sp³-hybridized carbons (Fsp3) is 0.333. The van der Waals surface area contributed by atoms with Crippen molar-refractivity contribution in [3.8, 4) is 0 Å². The molecule has 0 saturated carbocycles. The first-order valence-electron chi connectivity index (χ1n) is 8.65. The van der Waals surface area contributed by atoms with Crippen LogP contribution in [0.4, 0.5) is 10.8 Å². The van der Waals surface area contributed by atoms with Gasteiger partial charge in [0, 0.05) is 30.3 Å². The van der Waals surface area contributed by atoms with E-state index in [2.05, 4.69) is 20.2 Å². The molecule has 2 aromatic heterocycles. The minimum Gasteiger partial charge on any atom is -0.346 e. The predicted molar refractivity (Wildman–Crippen MR) is 111 cm³/mol. The van der Waals surface area contributed by atoms with Gasteiger partial charge in [-0.2, -0.15) is 16.7 Å². The van der Waals surface area contributed by atoms with Crippen LogP contribution in [-0.4, -0.2) is 45.0 Å². The van der Waals surface area contributed by atoms with E-state index in [1.54, 1.807) is 0 Å². The molecule has 1 fully saturated rings. The van der Waals surface area contributed by atoms with Gasteiger partial charge in [0.2, 0.25) is 5.91 Å². The van der Waals surface area contributed by atoms with Crippen LogP contribution in [0.3, 0.4) is 0 Å². The highest BCUT2D eigenvalue weighted by atomic mass is 32.2. The quantitative estimate of drug-likeness (QED) is 0.723. The molecule has 0 bridgehead atoms. The number of thioether (sulfide) groups is 1. The second kappa shape index (κ2) is 7.69. The number of carbonyl (C=O) groups excluding carboxylic acids is 1. The maximum absolute atomic E-state index is 12.7. The van der Waals surface area contributed by atoms with Gasteiger partial charge in [0.1, 0.15) is 17.6 Å². The Kier molecular flexibility index (Phi) is 5.13. The summed E-state index contributed by atoms with van der Waals surface area (Å²) >= 11 is 3.28. The van der Waals surface area contributed by atoms with Crippen LogP contribution in [0.25, 0.3) is 10.3 Å². The molecular weight excluding hydrogens is 382 g/mol. The van der Waals surface area contributed by atoms with Crippen molar-refractivity contribution < 1.29 is 4.79 Å². The van der Waals surface area contributed by atoms with Gasteiger partial charge in [-0.15, -0.1) is 0 Å². The molecule has 4 rings (SSSR count).